The Balaban J connectivity index is 0.00000161. The minimum absolute atomic E-state index is 0. The molecular weight excluding hydrogens is 302 g/mol. The van der Waals surface area contributed by atoms with Gasteiger partial charge in [-0.2, -0.15) is 13.5 Å². The van der Waals surface area contributed by atoms with E-state index in [1.807, 2.05) is 31.3 Å². The van der Waals surface area contributed by atoms with Gasteiger partial charge < -0.3 is 14.5 Å². The normalized spacial score (nSPS) is 12.0. The Kier molecular flexibility index (Phi) is 5.73. The van der Waals surface area contributed by atoms with Gasteiger partial charge in [0.2, 0.25) is 0 Å². The number of rotatable bonds is 6. The Labute approximate surface area is 135 Å². The van der Waals surface area contributed by atoms with E-state index >= 15 is 0 Å². The van der Waals surface area contributed by atoms with E-state index in [0.717, 1.165) is 29.7 Å². The Morgan fingerprint density at radius 1 is 1.24 bits per heavy atom. The average Bonchev–Trinajstić information content (AvgIpc) is 3.14. The molecular formula is C16H19NO2S2. The SMILES string of the molecule is CNCC[C@H](Oc1cccc2ccoc12)c1cccs1.S. The molecule has 112 valence electrons. The third-order valence-corrected chi connectivity index (χ3v) is 4.19. The lowest BCUT2D eigenvalue weighted by atomic mass is 10.2. The second kappa shape index (κ2) is 7.54. The highest BCUT2D eigenvalue weighted by Crippen LogP contribution is 2.33. The molecule has 0 saturated carbocycles. The zero-order valence-corrected chi connectivity index (χ0v) is 13.7. The number of nitrogens with one attached hydrogen (secondary N) is 1. The highest BCUT2D eigenvalue weighted by molar-refractivity contribution is 7.59. The molecule has 0 unspecified atom stereocenters. The molecule has 0 radical (unpaired) electrons. The molecule has 1 aromatic carbocycles. The second-order valence-electron chi connectivity index (χ2n) is 4.61. The molecule has 0 aliphatic heterocycles. The summed E-state index contributed by atoms with van der Waals surface area (Å²) < 4.78 is 11.7. The maximum absolute atomic E-state index is 6.21. The number of hydrogen-bond donors (Lipinski definition) is 1. The van der Waals surface area contributed by atoms with E-state index in [4.69, 9.17) is 9.15 Å². The van der Waals surface area contributed by atoms with Crippen LogP contribution >= 0.6 is 24.8 Å². The number of thiophene rings is 1. The van der Waals surface area contributed by atoms with Gasteiger partial charge >= 0.3 is 0 Å². The number of furan rings is 1. The van der Waals surface area contributed by atoms with Crippen LogP contribution in [-0.4, -0.2) is 13.6 Å². The molecule has 0 aliphatic rings. The van der Waals surface area contributed by atoms with Crippen molar-refractivity contribution in [2.45, 2.75) is 12.5 Å². The second-order valence-corrected chi connectivity index (χ2v) is 5.59. The standard InChI is InChI=1S/C16H17NO2S.H2S/c1-17-9-7-13(15-6-3-11-20-15)19-14-5-2-4-12-8-10-18-16(12)14;/h2-6,8,10-11,13,17H,7,9H2,1H3;1H2/t13-;/m0./s1. The van der Waals surface area contributed by atoms with E-state index in [0.29, 0.717) is 0 Å². The van der Waals surface area contributed by atoms with Crippen molar-refractivity contribution in [2.24, 2.45) is 0 Å². The summed E-state index contributed by atoms with van der Waals surface area (Å²) in [6, 6.07) is 12.1. The summed E-state index contributed by atoms with van der Waals surface area (Å²) in [6.07, 6.45) is 2.68. The maximum Gasteiger partial charge on any atom is 0.175 e. The smallest absolute Gasteiger partial charge is 0.175 e. The monoisotopic (exact) mass is 321 g/mol. The summed E-state index contributed by atoms with van der Waals surface area (Å²) in [4.78, 5) is 1.24. The Hall–Kier alpha value is -1.43. The van der Waals surface area contributed by atoms with E-state index in [9.17, 15) is 0 Å². The first kappa shape index (κ1) is 15.9. The van der Waals surface area contributed by atoms with Crippen LogP contribution in [0, 0.1) is 0 Å². The van der Waals surface area contributed by atoms with E-state index < -0.39 is 0 Å². The summed E-state index contributed by atoms with van der Waals surface area (Å²) in [7, 11) is 1.96. The molecule has 3 rings (SSSR count). The van der Waals surface area contributed by atoms with Crippen LogP contribution in [0.15, 0.2) is 52.5 Å². The van der Waals surface area contributed by atoms with Gasteiger partial charge in [0.1, 0.15) is 6.10 Å². The zero-order valence-electron chi connectivity index (χ0n) is 11.8. The molecule has 0 fully saturated rings. The molecule has 1 atom stereocenters. The molecule has 3 nitrogen and oxygen atoms in total. The molecule has 3 aromatic rings. The van der Waals surface area contributed by atoms with Crippen molar-refractivity contribution in [1.29, 1.82) is 0 Å². The lowest BCUT2D eigenvalue weighted by Gasteiger charge is -2.18. The molecule has 0 amide bonds. The van der Waals surface area contributed by atoms with Gasteiger partial charge in [-0.3, -0.25) is 0 Å². The Morgan fingerprint density at radius 3 is 2.90 bits per heavy atom. The first-order chi connectivity index (χ1) is 9.88. The average molecular weight is 321 g/mol. The van der Waals surface area contributed by atoms with Crippen molar-refractivity contribution in [1.82, 2.24) is 5.32 Å². The lowest BCUT2D eigenvalue weighted by Crippen LogP contribution is -2.15. The van der Waals surface area contributed by atoms with Crippen LogP contribution in [0.4, 0.5) is 0 Å². The van der Waals surface area contributed by atoms with Gasteiger partial charge in [-0.15, -0.1) is 11.3 Å². The molecule has 2 aromatic heterocycles. The molecule has 0 saturated heterocycles. The van der Waals surface area contributed by atoms with Crippen molar-refractivity contribution in [3.63, 3.8) is 0 Å². The van der Waals surface area contributed by atoms with E-state index in [1.54, 1.807) is 17.6 Å². The van der Waals surface area contributed by atoms with E-state index in [2.05, 4.69) is 22.8 Å². The number of ether oxygens (including phenoxy) is 1. The largest absolute Gasteiger partial charge is 0.481 e. The van der Waals surface area contributed by atoms with Crippen LogP contribution in [0.2, 0.25) is 0 Å². The highest BCUT2D eigenvalue weighted by atomic mass is 32.1. The predicted molar refractivity (Wildman–Crippen MR) is 92.8 cm³/mol. The van der Waals surface area contributed by atoms with Crippen molar-refractivity contribution in [3.8, 4) is 5.75 Å². The van der Waals surface area contributed by atoms with Crippen molar-refractivity contribution in [3.05, 3.63) is 52.9 Å². The van der Waals surface area contributed by atoms with Gasteiger partial charge in [0, 0.05) is 16.7 Å². The highest BCUT2D eigenvalue weighted by Gasteiger charge is 2.16. The predicted octanol–water partition coefficient (Wildman–Crippen LogP) is 4.34. The minimum Gasteiger partial charge on any atom is -0.481 e. The molecule has 5 heteroatoms. The van der Waals surface area contributed by atoms with E-state index in [1.165, 1.54) is 4.88 Å². The van der Waals surface area contributed by atoms with Crippen LogP contribution in [0.25, 0.3) is 11.0 Å². The van der Waals surface area contributed by atoms with E-state index in [-0.39, 0.29) is 19.6 Å². The first-order valence-electron chi connectivity index (χ1n) is 6.69. The van der Waals surface area contributed by atoms with Gasteiger partial charge in [0.05, 0.1) is 6.26 Å². The molecule has 0 aliphatic carbocycles. The summed E-state index contributed by atoms with van der Waals surface area (Å²) >= 11 is 1.72. The van der Waals surface area contributed by atoms with Crippen LogP contribution in [0.1, 0.15) is 17.4 Å². The number of benzene rings is 1. The Bertz CT molecular complexity index is 664. The number of fused-ring (bicyclic) bond motifs is 1. The van der Waals surface area contributed by atoms with Gasteiger partial charge in [-0.1, -0.05) is 18.2 Å². The minimum atomic E-state index is 0. The third kappa shape index (κ3) is 3.61. The number of para-hydroxylation sites is 1. The zero-order chi connectivity index (χ0) is 13.8. The molecule has 1 N–H and O–H groups in total. The lowest BCUT2D eigenvalue weighted by molar-refractivity contribution is 0.199. The molecule has 21 heavy (non-hydrogen) atoms. The summed E-state index contributed by atoms with van der Waals surface area (Å²) in [6.45, 7) is 0.913. The van der Waals surface area contributed by atoms with Gasteiger partial charge in [0.25, 0.3) is 0 Å². The van der Waals surface area contributed by atoms with Crippen molar-refractivity contribution >= 4 is 35.8 Å². The van der Waals surface area contributed by atoms with Crippen LogP contribution in [0.5, 0.6) is 5.75 Å². The Morgan fingerprint density at radius 2 is 2.14 bits per heavy atom. The topological polar surface area (TPSA) is 34.4 Å². The van der Waals surface area contributed by atoms with Crippen molar-refractivity contribution < 1.29 is 9.15 Å². The molecule has 2 heterocycles. The quantitative estimate of drug-likeness (QED) is 0.733. The fraction of sp³-hybridized carbons (Fsp3) is 0.250. The molecule has 0 spiro atoms. The number of hydrogen-bond acceptors (Lipinski definition) is 4. The van der Waals surface area contributed by atoms with Gasteiger partial charge in [-0.05, 0) is 37.2 Å². The molecule has 0 bridgehead atoms. The third-order valence-electron chi connectivity index (χ3n) is 3.23. The fourth-order valence-corrected chi connectivity index (χ4v) is 3.01. The van der Waals surface area contributed by atoms with Crippen LogP contribution < -0.4 is 10.1 Å². The summed E-state index contributed by atoms with van der Waals surface area (Å²) in [5, 5.41) is 6.33. The first-order valence-corrected chi connectivity index (χ1v) is 7.57. The van der Waals surface area contributed by atoms with Crippen LogP contribution in [0.3, 0.4) is 0 Å². The van der Waals surface area contributed by atoms with Crippen LogP contribution in [-0.2, 0) is 0 Å². The fourth-order valence-electron chi connectivity index (χ4n) is 2.22. The van der Waals surface area contributed by atoms with Gasteiger partial charge in [0.15, 0.2) is 11.3 Å². The summed E-state index contributed by atoms with van der Waals surface area (Å²) in [5.41, 5.74) is 0.818. The van der Waals surface area contributed by atoms with Crippen molar-refractivity contribution in [2.75, 3.05) is 13.6 Å². The van der Waals surface area contributed by atoms with Gasteiger partial charge in [-0.25, -0.2) is 0 Å². The maximum atomic E-state index is 6.21. The summed E-state index contributed by atoms with van der Waals surface area (Å²) in [5.74, 6) is 0.807.